The molecule has 2 aromatic carbocycles. The Morgan fingerprint density at radius 1 is 1.10 bits per heavy atom. The zero-order chi connectivity index (χ0) is 20.6. The lowest BCUT2D eigenvalue weighted by molar-refractivity contribution is -0.118. The zero-order valence-electron chi connectivity index (χ0n) is 16.7. The minimum Gasteiger partial charge on any atom is -0.483 e. The average molecular weight is 415 g/mol. The van der Waals surface area contributed by atoms with Gasteiger partial charge >= 0.3 is 0 Å². The number of halogens is 1. The summed E-state index contributed by atoms with van der Waals surface area (Å²) >= 11 is 6.22. The van der Waals surface area contributed by atoms with E-state index in [2.05, 4.69) is 10.6 Å². The summed E-state index contributed by atoms with van der Waals surface area (Å²) in [6, 6.07) is 12.8. The molecule has 2 aromatic rings. The summed E-state index contributed by atoms with van der Waals surface area (Å²) in [7, 11) is 0. The third kappa shape index (κ3) is 5.97. The van der Waals surface area contributed by atoms with E-state index in [0.29, 0.717) is 22.0 Å². The Hall–Kier alpha value is -2.53. The van der Waals surface area contributed by atoms with Gasteiger partial charge in [-0.3, -0.25) is 9.59 Å². The van der Waals surface area contributed by atoms with Crippen molar-refractivity contribution in [2.75, 3.05) is 11.9 Å². The van der Waals surface area contributed by atoms with Gasteiger partial charge in [-0.05, 0) is 49.1 Å². The van der Waals surface area contributed by atoms with Crippen molar-refractivity contribution in [2.45, 2.75) is 51.5 Å². The van der Waals surface area contributed by atoms with Gasteiger partial charge in [0.1, 0.15) is 5.75 Å². The lowest BCUT2D eigenvalue weighted by Gasteiger charge is -2.23. The molecular formula is C23H27ClN2O3. The summed E-state index contributed by atoms with van der Waals surface area (Å²) in [5, 5.41) is 6.19. The predicted octanol–water partition coefficient (Wildman–Crippen LogP) is 4.98. The average Bonchev–Trinajstić information content (AvgIpc) is 2.74. The monoisotopic (exact) mass is 414 g/mol. The maximum atomic E-state index is 12.6. The van der Waals surface area contributed by atoms with E-state index in [-0.39, 0.29) is 24.5 Å². The number of para-hydroxylation sites is 1. The molecule has 2 amide bonds. The molecule has 2 N–H and O–H groups in total. The number of hydrogen-bond donors (Lipinski definition) is 2. The number of benzene rings is 2. The van der Waals surface area contributed by atoms with Crippen LogP contribution in [0.25, 0.3) is 0 Å². The molecule has 0 bridgehead atoms. The lowest BCUT2D eigenvalue weighted by Crippen LogP contribution is -2.36. The topological polar surface area (TPSA) is 67.4 Å². The summed E-state index contributed by atoms with van der Waals surface area (Å²) < 4.78 is 5.65. The molecule has 0 atom stereocenters. The van der Waals surface area contributed by atoms with Crippen molar-refractivity contribution < 1.29 is 14.3 Å². The Labute approximate surface area is 176 Å². The van der Waals surface area contributed by atoms with Crippen molar-refractivity contribution in [3.8, 4) is 5.75 Å². The largest absolute Gasteiger partial charge is 0.483 e. The van der Waals surface area contributed by atoms with Crippen LogP contribution in [0.3, 0.4) is 0 Å². The molecule has 0 aromatic heterocycles. The first-order valence-electron chi connectivity index (χ1n) is 10.2. The first-order chi connectivity index (χ1) is 14.1. The molecule has 3 rings (SSSR count). The lowest BCUT2D eigenvalue weighted by atomic mass is 9.95. The highest BCUT2D eigenvalue weighted by Crippen LogP contribution is 2.23. The van der Waals surface area contributed by atoms with Crippen molar-refractivity contribution in [1.29, 1.82) is 0 Å². The number of ether oxygens (including phenoxy) is 1. The quantitative estimate of drug-likeness (QED) is 0.671. The number of carbonyl (C=O) groups excluding carboxylic acids is 2. The molecule has 0 unspecified atom stereocenters. The Bertz CT molecular complexity index is 863. The second-order valence-electron chi connectivity index (χ2n) is 7.30. The number of rotatable bonds is 7. The van der Waals surface area contributed by atoms with E-state index < -0.39 is 0 Å². The first-order valence-corrected chi connectivity index (χ1v) is 10.6. The van der Waals surface area contributed by atoms with Crippen LogP contribution in [0.5, 0.6) is 5.75 Å². The van der Waals surface area contributed by atoms with Crippen LogP contribution in [-0.4, -0.2) is 24.5 Å². The SMILES string of the molecule is CCc1ccccc1OCC(=O)Nc1ccc(Cl)c(C(=O)NC2CCCCC2)c1. The maximum absolute atomic E-state index is 12.6. The van der Waals surface area contributed by atoms with Crippen molar-refractivity contribution in [1.82, 2.24) is 5.32 Å². The van der Waals surface area contributed by atoms with Crippen LogP contribution in [0.15, 0.2) is 42.5 Å². The summed E-state index contributed by atoms with van der Waals surface area (Å²) in [5.41, 5.74) is 1.93. The van der Waals surface area contributed by atoms with E-state index in [4.69, 9.17) is 16.3 Å². The van der Waals surface area contributed by atoms with Crippen molar-refractivity contribution in [2.24, 2.45) is 0 Å². The molecule has 1 aliphatic rings. The molecule has 0 spiro atoms. The molecule has 1 aliphatic carbocycles. The Kier molecular flexibility index (Phi) is 7.53. The molecule has 0 aliphatic heterocycles. The number of nitrogens with one attached hydrogen (secondary N) is 2. The van der Waals surface area contributed by atoms with Gasteiger partial charge < -0.3 is 15.4 Å². The number of carbonyl (C=O) groups is 2. The fraction of sp³-hybridized carbons (Fsp3) is 0.391. The molecule has 0 saturated heterocycles. The predicted molar refractivity (Wildman–Crippen MR) is 116 cm³/mol. The molecule has 0 heterocycles. The Balaban J connectivity index is 1.59. The number of aryl methyl sites for hydroxylation is 1. The normalized spacial score (nSPS) is 14.3. The summed E-state index contributed by atoms with van der Waals surface area (Å²) in [6.07, 6.45) is 6.31. The number of anilines is 1. The van der Waals surface area contributed by atoms with Crippen LogP contribution < -0.4 is 15.4 Å². The van der Waals surface area contributed by atoms with Gasteiger partial charge in [-0.1, -0.05) is 56.0 Å². The van der Waals surface area contributed by atoms with Gasteiger partial charge in [0, 0.05) is 11.7 Å². The van der Waals surface area contributed by atoms with E-state index >= 15 is 0 Å². The minimum absolute atomic E-state index is 0.108. The van der Waals surface area contributed by atoms with Gasteiger partial charge in [0.25, 0.3) is 11.8 Å². The molecule has 0 radical (unpaired) electrons. The van der Waals surface area contributed by atoms with Crippen molar-refractivity contribution >= 4 is 29.1 Å². The van der Waals surface area contributed by atoms with Crippen LogP contribution in [-0.2, 0) is 11.2 Å². The van der Waals surface area contributed by atoms with Gasteiger partial charge in [0.15, 0.2) is 6.61 Å². The first kappa shape index (κ1) is 21.2. The third-order valence-electron chi connectivity index (χ3n) is 5.15. The van der Waals surface area contributed by atoms with Crippen LogP contribution in [0.2, 0.25) is 5.02 Å². The standard InChI is InChI=1S/C23H27ClN2O3/c1-2-16-8-6-7-11-21(16)29-15-22(27)25-18-12-13-20(24)19(14-18)23(28)26-17-9-4-3-5-10-17/h6-8,11-14,17H,2-5,9-10,15H2,1H3,(H,25,27)(H,26,28). The van der Waals surface area contributed by atoms with E-state index in [1.165, 1.54) is 6.42 Å². The smallest absolute Gasteiger partial charge is 0.262 e. The minimum atomic E-state index is -0.295. The second kappa shape index (κ2) is 10.3. The van der Waals surface area contributed by atoms with Gasteiger partial charge in [-0.15, -0.1) is 0 Å². The third-order valence-corrected chi connectivity index (χ3v) is 5.48. The Morgan fingerprint density at radius 2 is 1.86 bits per heavy atom. The zero-order valence-corrected chi connectivity index (χ0v) is 17.4. The molecule has 29 heavy (non-hydrogen) atoms. The molecule has 154 valence electrons. The summed E-state index contributed by atoms with van der Waals surface area (Å²) in [5.74, 6) is 0.205. The van der Waals surface area contributed by atoms with Crippen molar-refractivity contribution in [3.63, 3.8) is 0 Å². The van der Waals surface area contributed by atoms with Gasteiger partial charge in [-0.2, -0.15) is 0 Å². The molecular weight excluding hydrogens is 388 g/mol. The van der Waals surface area contributed by atoms with E-state index in [0.717, 1.165) is 37.7 Å². The highest BCUT2D eigenvalue weighted by atomic mass is 35.5. The molecule has 5 nitrogen and oxygen atoms in total. The van der Waals surface area contributed by atoms with Gasteiger partial charge in [-0.25, -0.2) is 0 Å². The highest BCUT2D eigenvalue weighted by molar-refractivity contribution is 6.34. The molecule has 1 saturated carbocycles. The van der Waals surface area contributed by atoms with E-state index in [1.54, 1.807) is 18.2 Å². The van der Waals surface area contributed by atoms with Crippen LogP contribution >= 0.6 is 11.6 Å². The van der Waals surface area contributed by atoms with E-state index in [1.807, 2.05) is 31.2 Å². The maximum Gasteiger partial charge on any atom is 0.262 e. The molecule has 1 fully saturated rings. The number of amides is 2. The summed E-state index contributed by atoms with van der Waals surface area (Å²) in [4.78, 5) is 24.9. The second-order valence-corrected chi connectivity index (χ2v) is 7.71. The fourth-order valence-electron chi connectivity index (χ4n) is 3.56. The van der Waals surface area contributed by atoms with Crippen LogP contribution in [0, 0.1) is 0 Å². The van der Waals surface area contributed by atoms with Crippen LogP contribution in [0.1, 0.15) is 54.9 Å². The van der Waals surface area contributed by atoms with Gasteiger partial charge in [0.05, 0.1) is 10.6 Å². The fourth-order valence-corrected chi connectivity index (χ4v) is 3.77. The van der Waals surface area contributed by atoms with E-state index in [9.17, 15) is 9.59 Å². The van der Waals surface area contributed by atoms with Gasteiger partial charge in [0.2, 0.25) is 0 Å². The van der Waals surface area contributed by atoms with Crippen molar-refractivity contribution in [3.05, 3.63) is 58.6 Å². The number of hydrogen-bond acceptors (Lipinski definition) is 3. The van der Waals surface area contributed by atoms with Crippen LogP contribution in [0.4, 0.5) is 5.69 Å². The highest BCUT2D eigenvalue weighted by Gasteiger charge is 2.19. The summed E-state index contributed by atoms with van der Waals surface area (Å²) in [6.45, 7) is 1.93. The molecule has 6 heteroatoms. The Morgan fingerprint density at radius 3 is 2.62 bits per heavy atom.